The molecule has 3 aromatic heterocycles. The largest absolute Gasteiger partial charge is 0.349 e. The molecular formula is C22H22N6O2. The molecule has 1 atom stereocenters. The van der Waals surface area contributed by atoms with Gasteiger partial charge in [-0.2, -0.15) is 5.10 Å². The van der Waals surface area contributed by atoms with Crippen LogP contribution in [0.25, 0.3) is 16.7 Å². The maximum atomic E-state index is 12.5. The van der Waals surface area contributed by atoms with Crippen LogP contribution in [0.4, 0.5) is 0 Å². The molecule has 0 saturated heterocycles. The van der Waals surface area contributed by atoms with E-state index >= 15 is 0 Å². The number of aryl methyl sites for hydroxylation is 1. The minimum absolute atomic E-state index is 0.145. The molecule has 0 aliphatic rings. The summed E-state index contributed by atoms with van der Waals surface area (Å²) in [5.74, 6) is 0.579. The summed E-state index contributed by atoms with van der Waals surface area (Å²) >= 11 is 0. The van der Waals surface area contributed by atoms with Gasteiger partial charge in [-0.1, -0.05) is 18.2 Å². The lowest BCUT2D eigenvalue weighted by molar-refractivity contribution is -0.121. The highest BCUT2D eigenvalue weighted by Crippen LogP contribution is 2.19. The Hall–Kier alpha value is -3.81. The van der Waals surface area contributed by atoms with E-state index in [-0.39, 0.29) is 30.5 Å². The van der Waals surface area contributed by atoms with Gasteiger partial charge in [-0.3, -0.25) is 14.2 Å². The minimum Gasteiger partial charge on any atom is -0.349 e. The molecule has 3 heterocycles. The summed E-state index contributed by atoms with van der Waals surface area (Å²) in [6, 6.07) is 12.6. The first-order valence-corrected chi connectivity index (χ1v) is 9.74. The van der Waals surface area contributed by atoms with Crippen LogP contribution in [0, 0.1) is 6.92 Å². The van der Waals surface area contributed by atoms with Crippen molar-refractivity contribution >= 4 is 16.8 Å². The first-order valence-electron chi connectivity index (χ1n) is 9.74. The maximum absolute atomic E-state index is 12.5. The lowest BCUT2D eigenvalue weighted by Crippen LogP contribution is -2.29. The van der Waals surface area contributed by atoms with E-state index in [0.29, 0.717) is 10.9 Å². The molecule has 0 bridgehead atoms. The van der Waals surface area contributed by atoms with Crippen molar-refractivity contribution < 1.29 is 4.79 Å². The van der Waals surface area contributed by atoms with E-state index in [2.05, 4.69) is 20.4 Å². The smallest absolute Gasteiger partial charge is 0.261 e. The van der Waals surface area contributed by atoms with Crippen LogP contribution >= 0.6 is 0 Å². The van der Waals surface area contributed by atoms with Crippen molar-refractivity contribution in [3.8, 4) is 5.82 Å². The standard InChI is InChI=1S/C22H22N6O2/c1-15(18-13-25-28(16(18)2)20-9-5-6-11-23-20)26-21(29)10-12-27-14-24-19-8-4-3-7-17(19)22(27)30/h3-9,11,13-15H,10,12H2,1-2H3,(H,26,29). The highest BCUT2D eigenvalue weighted by molar-refractivity contribution is 5.77. The molecule has 30 heavy (non-hydrogen) atoms. The lowest BCUT2D eigenvalue weighted by Gasteiger charge is -2.14. The lowest BCUT2D eigenvalue weighted by atomic mass is 10.1. The zero-order valence-corrected chi connectivity index (χ0v) is 16.8. The van der Waals surface area contributed by atoms with Crippen molar-refractivity contribution in [1.82, 2.24) is 29.6 Å². The molecule has 4 aromatic rings. The Morgan fingerprint density at radius 2 is 1.93 bits per heavy atom. The number of nitrogens with one attached hydrogen (secondary N) is 1. The zero-order valence-electron chi connectivity index (χ0n) is 16.8. The third-order valence-corrected chi connectivity index (χ3v) is 5.07. The van der Waals surface area contributed by atoms with Gasteiger partial charge in [0.15, 0.2) is 5.82 Å². The number of amides is 1. The highest BCUT2D eigenvalue weighted by atomic mass is 16.2. The Morgan fingerprint density at radius 3 is 2.73 bits per heavy atom. The summed E-state index contributed by atoms with van der Waals surface area (Å²) < 4.78 is 3.22. The number of nitrogens with zero attached hydrogens (tertiary/aromatic N) is 5. The number of aromatic nitrogens is 5. The first kappa shape index (κ1) is 19.5. The van der Waals surface area contributed by atoms with Crippen LogP contribution in [0.1, 0.15) is 30.6 Å². The molecular weight excluding hydrogens is 380 g/mol. The van der Waals surface area contributed by atoms with Crippen molar-refractivity contribution in [2.45, 2.75) is 32.9 Å². The number of carbonyl (C=O) groups is 1. The van der Waals surface area contributed by atoms with Crippen LogP contribution in [0.2, 0.25) is 0 Å². The number of hydrogen-bond acceptors (Lipinski definition) is 5. The Balaban J connectivity index is 1.42. The topological polar surface area (TPSA) is 94.7 Å². The van der Waals surface area contributed by atoms with E-state index in [1.807, 2.05) is 38.1 Å². The summed E-state index contributed by atoms with van der Waals surface area (Å²) in [5, 5.41) is 7.93. The maximum Gasteiger partial charge on any atom is 0.261 e. The van der Waals surface area contributed by atoms with Crippen LogP contribution in [0.15, 0.2) is 66.0 Å². The molecule has 0 spiro atoms. The summed E-state index contributed by atoms with van der Waals surface area (Å²) in [5.41, 5.74) is 2.33. The second-order valence-corrected chi connectivity index (χ2v) is 7.08. The molecule has 0 saturated carbocycles. The molecule has 0 fully saturated rings. The molecule has 0 radical (unpaired) electrons. The Kier molecular flexibility index (Phi) is 5.38. The summed E-state index contributed by atoms with van der Waals surface area (Å²) in [6.45, 7) is 4.12. The van der Waals surface area contributed by atoms with Crippen molar-refractivity contribution in [2.75, 3.05) is 0 Å². The predicted octanol–water partition coefficient (Wildman–Crippen LogP) is 2.55. The van der Waals surface area contributed by atoms with E-state index < -0.39 is 0 Å². The third kappa shape index (κ3) is 3.84. The van der Waals surface area contributed by atoms with E-state index in [9.17, 15) is 9.59 Å². The quantitative estimate of drug-likeness (QED) is 0.535. The summed E-state index contributed by atoms with van der Waals surface area (Å²) in [4.78, 5) is 33.6. The van der Waals surface area contributed by atoms with E-state index in [1.54, 1.807) is 35.3 Å². The molecule has 152 valence electrons. The summed E-state index contributed by atoms with van der Waals surface area (Å²) in [7, 11) is 0. The van der Waals surface area contributed by atoms with Crippen LogP contribution in [-0.4, -0.2) is 30.2 Å². The second-order valence-electron chi connectivity index (χ2n) is 7.08. The number of benzene rings is 1. The van der Waals surface area contributed by atoms with Gasteiger partial charge in [0.2, 0.25) is 5.91 Å². The molecule has 4 rings (SSSR count). The molecule has 8 heteroatoms. The molecule has 0 aliphatic carbocycles. The first-order chi connectivity index (χ1) is 14.5. The van der Waals surface area contributed by atoms with Gasteiger partial charge < -0.3 is 5.32 Å². The fraction of sp³-hybridized carbons (Fsp3) is 0.227. The monoisotopic (exact) mass is 402 g/mol. The fourth-order valence-electron chi connectivity index (χ4n) is 3.44. The number of hydrogen-bond donors (Lipinski definition) is 1. The Bertz CT molecular complexity index is 1250. The average Bonchev–Trinajstić information content (AvgIpc) is 3.15. The number of fused-ring (bicyclic) bond motifs is 1. The van der Waals surface area contributed by atoms with Crippen LogP contribution < -0.4 is 10.9 Å². The van der Waals surface area contributed by atoms with Gasteiger partial charge in [0.1, 0.15) is 0 Å². The van der Waals surface area contributed by atoms with Crippen molar-refractivity contribution in [3.05, 3.63) is 82.8 Å². The van der Waals surface area contributed by atoms with Crippen LogP contribution in [0.3, 0.4) is 0 Å². The van der Waals surface area contributed by atoms with Crippen molar-refractivity contribution in [1.29, 1.82) is 0 Å². The molecule has 1 unspecified atom stereocenters. The van der Waals surface area contributed by atoms with E-state index in [1.165, 1.54) is 10.9 Å². The Morgan fingerprint density at radius 1 is 1.13 bits per heavy atom. The van der Waals surface area contributed by atoms with Crippen molar-refractivity contribution in [3.63, 3.8) is 0 Å². The predicted molar refractivity (Wildman–Crippen MR) is 113 cm³/mol. The molecule has 1 amide bonds. The zero-order chi connectivity index (χ0) is 21.1. The van der Waals surface area contributed by atoms with E-state index in [0.717, 1.165) is 17.1 Å². The number of pyridine rings is 1. The van der Waals surface area contributed by atoms with Gasteiger partial charge in [0, 0.05) is 30.4 Å². The van der Waals surface area contributed by atoms with E-state index in [4.69, 9.17) is 0 Å². The Labute approximate surface area is 173 Å². The van der Waals surface area contributed by atoms with Gasteiger partial charge in [0.25, 0.3) is 5.56 Å². The minimum atomic E-state index is -0.221. The van der Waals surface area contributed by atoms with Gasteiger partial charge in [0.05, 0.1) is 29.5 Å². The number of rotatable bonds is 6. The molecule has 0 aliphatic heterocycles. The molecule has 8 nitrogen and oxygen atoms in total. The highest BCUT2D eigenvalue weighted by Gasteiger charge is 2.17. The van der Waals surface area contributed by atoms with Crippen LogP contribution in [0.5, 0.6) is 0 Å². The SMILES string of the molecule is Cc1c(C(C)NC(=O)CCn2cnc3ccccc3c2=O)cnn1-c1ccccn1. The van der Waals surface area contributed by atoms with Crippen LogP contribution in [-0.2, 0) is 11.3 Å². The van der Waals surface area contributed by atoms with Gasteiger partial charge in [-0.25, -0.2) is 14.6 Å². The summed E-state index contributed by atoms with van der Waals surface area (Å²) in [6.07, 6.45) is 5.12. The third-order valence-electron chi connectivity index (χ3n) is 5.07. The average molecular weight is 402 g/mol. The van der Waals surface area contributed by atoms with Gasteiger partial charge >= 0.3 is 0 Å². The second kappa shape index (κ2) is 8.28. The van der Waals surface area contributed by atoms with Crippen molar-refractivity contribution in [2.24, 2.45) is 0 Å². The number of carbonyl (C=O) groups excluding carboxylic acids is 1. The number of para-hydroxylation sites is 1. The normalized spacial score (nSPS) is 12.1. The fourth-order valence-corrected chi connectivity index (χ4v) is 3.44. The van der Waals surface area contributed by atoms with Gasteiger partial charge in [-0.05, 0) is 38.1 Å². The van der Waals surface area contributed by atoms with Gasteiger partial charge in [-0.15, -0.1) is 0 Å². The molecule has 1 aromatic carbocycles. The molecule has 1 N–H and O–H groups in total.